The highest BCUT2D eigenvalue weighted by atomic mass is 19.4. The van der Waals surface area contributed by atoms with Crippen LogP contribution >= 0.6 is 0 Å². The molecule has 0 radical (unpaired) electrons. The predicted molar refractivity (Wildman–Crippen MR) is 114 cm³/mol. The molecule has 33 heavy (non-hydrogen) atoms. The molecule has 2 amide bonds. The van der Waals surface area contributed by atoms with E-state index < -0.39 is 17.6 Å². The van der Waals surface area contributed by atoms with E-state index in [0.29, 0.717) is 11.4 Å². The number of hydrogen-bond acceptors (Lipinski definition) is 4. The van der Waals surface area contributed by atoms with E-state index in [1.54, 1.807) is 13.1 Å². The molecule has 11 heteroatoms. The zero-order chi connectivity index (χ0) is 23.6. The standard InChI is InChI=1S/C22H23F3N6O2/c1-14-19(11-27-31(14)18-8-4-5-15(9-18)22(23,24)25)21(33)29-17-10-26-30(12-17)13-20(32)28-16-6-2-3-7-16/h4-5,8-12,16H,2-3,6-7,13H2,1H3,(H,28,32)(H,29,33). The Hall–Kier alpha value is -3.63. The van der Waals surface area contributed by atoms with E-state index in [9.17, 15) is 22.8 Å². The lowest BCUT2D eigenvalue weighted by Crippen LogP contribution is -2.35. The van der Waals surface area contributed by atoms with Crippen molar-refractivity contribution in [1.82, 2.24) is 24.9 Å². The van der Waals surface area contributed by atoms with Crippen LogP contribution in [0.3, 0.4) is 0 Å². The Morgan fingerprint density at radius 2 is 1.91 bits per heavy atom. The van der Waals surface area contributed by atoms with Crippen molar-refractivity contribution in [2.45, 2.75) is 51.4 Å². The van der Waals surface area contributed by atoms with E-state index in [-0.39, 0.29) is 29.7 Å². The topological polar surface area (TPSA) is 93.8 Å². The summed E-state index contributed by atoms with van der Waals surface area (Å²) in [6.45, 7) is 1.64. The van der Waals surface area contributed by atoms with Gasteiger partial charge < -0.3 is 10.6 Å². The Morgan fingerprint density at radius 3 is 2.64 bits per heavy atom. The molecule has 0 atom stereocenters. The van der Waals surface area contributed by atoms with Gasteiger partial charge in [-0.2, -0.15) is 23.4 Å². The molecule has 2 N–H and O–H groups in total. The molecule has 1 fully saturated rings. The fraction of sp³-hybridized carbons (Fsp3) is 0.364. The average molecular weight is 460 g/mol. The zero-order valence-electron chi connectivity index (χ0n) is 17.9. The second-order valence-electron chi connectivity index (χ2n) is 8.03. The number of carbonyl (C=O) groups is 2. The molecule has 0 spiro atoms. The summed E-state index contributed by atoms with van der Waals surface area (Å²) >= 11 is 0. The van der Waals surface area contributed by atoms with Crippen LogP contribution in [0.2, 0.25) is 0 Å². The molecule has 2 heterocycles. The fourth-order valence-corrected chi connectivity index (χ4v) is 3.91. The highest BCUT2D eigenvalue weighted by Gasteiger charge is 2.30. The number of alkyl halides is 3. The van der Waals surface area contributed by atoms with Crippen LogP contribution in [0.15, 0.2) is 42.9 Å². The molecule has 1 aromatic carbocycles. The second kappa shape index (κ2) is 9.08. The normalized spacial score (nSPS) is 14.4. The van der Waals surface area contributed by atoms with Gasteiger partial charge in [0, 0.05) is 12.2 Å². The van der Waals surface area contributed by atoms with Crippen LogP contribution < -0.4 is 10.6 Å². The number of anilines is 1. The van der Waals surface area contributed by atoms with Crippen molar-refractivity contribution in [1.29, 1.82) is 0 Å². The van der Waals surface area contributed by atoms with Gasteiger partial charge in [0.05, 0.1) is 40.6 Å². The van der Waals surface area contributed by atoms with Gasteiger partial charge in [-0.1, -0.05) is 18.9 Å². The monoisotopic (exact) mass is 460 g/mol. The molecule has 0 saturated heterocycles. The van der Waals surface area contributed by atoms with E-state index in [1.807, 2.05) is 0 Å². The van der Waals surface area contributed by atoms with Gasteiger partial charge in [-0.05, 0) is 38.0 Å². The quantitative estimate of drug-likeness (QED) is 0.587. The summed E-state index contributed by atoms with van der Waals surface area (Å²) in [7, 11) is 0. The summed E-state index contributed by atoms with van der Waals surface area (Å²) in [4.78, 5) is 24.9. The number of hydrogen-bond donors (Lipinski definition) is 2. The number of amides is 2. The van der Waals surface area contributed by atoms with Crippen molar-refractivity contribution < 1.29 is 22.8 Å². The molecule has 1 aliphatic carbocycles. The first-order valence-corrected chi connectivity index (χ1v) is 10.6. The van der Waals surface area contributed by atoms with Crippen molar-refractivity contribution >= 4 is 17.5 Å². The maximum Gasteiger partial charge on any atom is 0.416 e. The summed E-state index contributed by atoms with van der Waals surface area (Å²) in [5.74, 6) is -0.623. The van der Waals surface area contributed by atoms with Crippen LogP contribution in [-0.4, -0.2) is 37.4 Å². The third kappa shape index (κ3) is 5.24. The molecule has 8 nitrogen and oxygen atoms in total. The summed E-state index contributed by atoms with van der Waals surface area (Å²) in [6.07, 6.45) is 3.99. The third-order valence-electron chi connectivity index (χ3n) is 5.59. The number of aromatic nitrogens is 4. The maximum absolute atomic E-state index is 13.0. The minimum Gasteiger partial charge on any atom is -0.352 e. The van der Waals surface area contributed by atoms with Crippen molar-refractivity contribution in [3.8, 4) is 5.69 Å². The summed E-state index contributed by atoms with van der Waals surface area (Å²) in [6, 6.07) is 4.93. The molecule has 4 rings (SSSR count). The number of nitrogens with zero attached hydrogens (tertiary/aromatic N) is 4. The number of nitrogens with one attached hydrogen (secondary N) is 2. The van der Waals surface area contributed by atoms with E-state index in [1.165, 1.54) is 33.9 Å². The maximum atomic E-state index is 13.0. The largest absolute Gasteiger partial charge is 0.416 e. The fourth-order valence-electron chi connectivity index (χ4n) is 3.91. The van der Waals surface area contributed by atoms with Gasteiger partial charge in [0.25, 0.3) is 5.91 Å². The number of rotatable bonds is 6. The zero-order valence-corrected chi connectivity index (χ0v) is 17.9. The minimum atomic E-state index is -4.48. The molecular weight excluding hydrogens is 437 g/mol. The first kappa shape index (κ1) is 22.6. The molecule has 1 aliphatic rings. The Balaban J connectivity index is 1.42. The molecular formula is C22H23F3N6O2. The average Bonchev–Trinajstić information content (AvgIpc) is 3.50. The first-order chi connectivity index (χ1) is 15.7. The van der Waals surface area contributed by atoms with Crippen molar-refractivity contribution in [3.63, 3.8) is 0 Å². The lowest BCUT2D eigenvalue weighted by Gasteiger charge is -2.11. The van der Waals surface area contributed by atoms with Gasteiger partial charge >= 0.3 is 6.18 Å². The Bertz CT molecular complexity index is 1160. The lowest BCUT2D eigenvalue weighted by atomic mass is 10.2. The van der Waals surface area contributed by atoms with Crippen molar-refractivity contribution in [3.05, 3.63) is 59.7 Å². The molecule has 1 saturated carbocycles. The lowest BCUT2D eigenvalue weighted by molar-refractivity contribution is -0.137. The summed E-state index contributed by atoms with van der Waals surface area (Å²) < 4.78 is 41.8. The highest BCUT2D eigenvalue weighted by molar-refractivity contribution is 6.04. The third-order valence-corrected chi connectivity index (χ3v) is 5.59. The van der Waals surface area contributed by atoms with Crippen molar-refractivity contribution in [2.75, 3.05) is 5.32 Å². The van der Waals surface area contributed by atoms with Gasteiger partial charge in [0.15, 0.2) is 0 Å². The van der Waals surface area contributed by atoms with Gasteiger partial charge in [-0.25, -0.2) is 4.68 Å². The van der Waals surface area contributed by atoms with Gasteiger partial charge in [0.2, 0.25) is 5.91 Å². The molecule has 3 aromatic rings. The molecule has 0 unspecified atom stereocenters. The van der Waals surface area contributed by atoms with Crippen LogP contribution in [0.1, 0.15) is 47.3 Å². The predicted octanol–water partition coefficient (Wildman–Crippen LogP) is 3.71. The van der Waals surface area contributed by atoms with E-state index in [4.69, 9.17) is 0 Å². The second-order valence-corrected chi connectivity index (χ2v) is 8.03. The summed E-state index contributed by atoms with van der Waals surface area (Å²) in [5, 5.41) is 13.8. The number of benzene rings is 1. The van der Waals surface area contributed by atoms with Crippen LogP contribution in [-0.2, 0) is 17.5 Å². The van der Waals surface area contributed by atoms with Crippen LogP contribution in [0.5, 0.6) is 0 Å². The number of halogens is 3. The highest BCUT2D eigenvalue weighted by Crippen LogP contribution is 2.30. The van der Waals surface area contributed by atoms with E-state index >= 15 is 0 Å². The van der Waals surface area contributed by atoms with Crippen LogP contribution in [0.25, 0.3) is 5.69 Å². The Labute approximate surface area is 187 Å². The summed E-state index contributed by atoms with van der Waals surface area (Å²) in [5.41, 5.74) is 0.377. The molecule has 0 aliphatic heterocycles. The van der Waals surface area contributed by atoms with Crippen molar-refractivity contribution in [2.24, 2.45) is 0 Å². The van der Waals surface area contributed by atoms with Crippen LogP contribution in [0.4, 0.5) is 18.9 Å². The SMILES string of the molecule is Cc1c(C(=O)Nc2cnn(CC(=O)NC3CCCC3)c2)cnn1-c1cccc(C(F)(F)F)c1. The minimum absolute atomic E-state index is 0.0406. The smallest absolute Gasteiger partial charge is 0.352 e. The first-order valence-electron chi connectivity index (χ1n) is 10.6. The van der Waals surface area contributed by atoms with Crippen LogP contribution in [0, 0.1) is 6.92 Å². The molecule has 0 bridgehead atoms. The molecule has 174 valence electrons. The van der Waals surface area contributed by atoms with Gasteiger partial charge in [-0.15, -0.1) is 0 Å². The van der Waals surface area contributed by atoms with E-state index in [0.717, 1.165) is 37.8 Å². The molecule has 2 aromatic heterocycles. The Kier molecular flexibility index (Phi) is 6.21. The van der Waals surface area contributed by atoms with Gasteiger partial charge in [0.1, 0.15) is 6.54 Å². The number of carbonyl (C=O) groups excluding carboxylic acids is 2. The van der Waals surface area contributed by atoms with Gasteiger partial charge in [-0.3, -0.25) is 14.3 Å². The Morgan fingerprint density at radius 1 is 1.15 bits per heavy atom. The van der Waals surface area contributed by atoms with E-state index in [2.05, 4.69) is 20.8 Å².